The van der Waals surface area contributed by atoms with E-state index in [0.717, 1.165) is 4.61 Å². The number of hydrogen-bond acceptors (Lipinski definition) is 3. The van der Waals surface area contributed by atoms with Crippen molar-refractivity contribution >= 4 is 27.5 Å². The molecule has 0 atom stereocenters. The van der Waals surface area contributed by atoms with Gasteiger partial charge >= 0.3 is 0 Å². The number of nitrogens with one attached hydrogen (secondary N) is 2. The molecule has 8 heavy (non-hydrogen) atoms. The maximum atomic E-state index is 5.57. The van der Waals surface area contributed by atoms with E-state index in [2.05, 4.69) is 26.9 Å². The third-order valence-corrected chi connectivity index (χ3v) is 2.24. The molecular weight excluding hydrogens is 193 g/mol. The molecule has 1 rings (SSSR count). The van der Waals surface area contributed by atoms with Gasteiger partial charge in [0.15, 0.2) is 0 Å². The van der Waals surface area contributed by atoms with Crippen molar-refractivity contribution in [3.05, 3.63) is 9.76 Å². The largest absolute Gasteiger partial charge is 0.291 e. The molecule has 3 nitrogen and oxygen atoms in total. The third-order valence-electron chi connectivity index (χ3n) is 0.809. The summed E-state index contributed by atoms with van der Waals surface area (Å²) in [6.07, 6.45) is 0. The Hall–Kier alpha value is 0.0700. The Morgan fingerprint density at radius 3 is 2.50 bits per heavy atom. The first kappa shape index (κ1) is 6.19. The van der Waals surface area contributed by atoms with Gasteiger partial charge in [0.1, 0.15) is 9.76 Å². The van der Waals surface area contributed by atoms with Crippen LogP contribution < -0.4 is 11.0 Å². The highest BCUT2D eigenvalue weighted by molar-refractivity contribution is 9.11. The van der Waals surface area contributed by atoms with Gasteiger partial charge in [0.25, 0.3) is 0 Å². The van der Waals surface area contributed by atoms with E-state index in [1.165, 1.54) is 0 Å². The molecule has 0 spiro atoms. The summed E-state index contributed by atoms with van der Waals surface area (Å²) in [6, 6.07) is 0. The molecule has 0 saturated heterocycles. The van der Waals surface area contributed by atoms with Crippen LogP contribution in [-0.2, 0) is 0 Å². The van der Waals surface area contributed by atoms with Crippen molar-refractivity contribution in [2.24, 2.45) is 0 Å². The number of rotatable bonds is 0. The zero-order valence-electron chi connectivity index (χ0n) is 4.20. The topological polar surface area (TPSA) is 27.3 Å². The Balaban J connectivity index is 2.71. The maximum Gasteiger partial charge on any atom is 0.150 e. The molecule has 2 N–H and O–H groups in total. The molecule has 0 aromatic heterocycles. The van der Waals surface area contributed by atoms with Crippen molar-refractivity contribution in [3.8, 4) is 0 Å². The number of hydrazine groups is 2. The third kappa shape index (κ3) is 0.913. The Labute approximate surface area is 60.7 Å². The van der Waals surface area contributed by atoms with Gasteiger partial charge in [-0.2, -0.15) is 0 Å². The molecular formula is C3H5BrClN3. The van der Waals surface area contributed by atoms with Gasteiger partial charge in [-0.15, -0.1) is 5.53 Å². The maximum absolute atomic E-state index is 5.57. The molecule has 0 aliphatic carbocycles. The van der Waals surface area contributed by atoms with Crippen LogP contribution in [0.25, 0.3) is 0 Å². The Bertz CT molecular complexity index is 134. The van der Waals surface area contributed by atoms with Crippen LogP contribution in [0.5, 0.6) is 0 Å². The smallest absolute Gasteiger partial charge is 0.150 e. The highest BCUT2D eigenvalue weighted by Crippen LogP contribution is 2.18. The summed E-state index contributed by atoms with van der Waals surface area (Å²) in [5.41, 5.74) is 5.44. The lowest BCUT2D eigenvalue weighted by molar-refractivity contribution is 0.324. The monoisotopic (exact) mass is 197 g/mol. The molecule has 0 fully saturated rings. The molecule has 1 aliphatic rings. The van der Waals surface area contributed by atoms with E-state index >= 15 is 0 Å². The average Bonchev–Trinajstić information content (AvgIpc) is 1.98. The van der Waals surface area contributed by atoms with Crippen LogP contribution in [0.1, 0.15) is 0 Å². The van der Waals surface area contributed by atoms with Gasteiger partial charge in [0.2, 0.25) is 0 Å². The molecule has 1 aliphatic heterocycles. The normalized spacial score (nSPS) is 19.6. The first-order chi connectivity index (χ1) is 3.72. The second-order valence-electron chi connectivity index (χ2n) is 1.40. The molecule has 0 radical (unpaired) electrons. The van der Waals surface area contributed by atoms with Crippen LogP contribution >= 0.6 is 27.5 Å². The summed E-state index contributed by atoms with van der Waals surface area (Å²) in [6.45, 7) is 0. The van der Waals surface area contributed by atoms with E-state index in [1.807, 2.05) is 7.05 Å². The lowest BCUT2D eigenvalue weighted by Crippen LogP contribution is -2.33. The van der Waals surface area contributed by atoms with Gasteiger partial charge in [-0.1, -0.05) is 11.6 Å². The van der Waals surface area contributed by atoms with Gasteiger partial charge < -0.3 is 0 Å². The number of nitrogens with zero attached hydrogens (tertiary/aromatic N) is 1. The first-order valence-electron chi connectivity index (χ1n) is 2.02. The molecule has 1 heterocycles. The van der Waals surface area contributed by atoms with Crippen LogP contribution in [0.2, 0.25) is 0 Å². The minimum atomic E-state index is 0.576. The van der Waals surface area contributed by atoms with Gasteiger partial charge in [-0.25, -0.2) is 0 Å². The van der Waals surface area contributed by atoms with E-state index in [9.17, 15) is 0 Å². The van der Waals surface area contributed by atoms with Crippen LogP contribution in [-0.4, -0.2) is 12.1 Å². The van der Waals surface area contributed by atoms with E-state index in [-0.39, 0.29) is 0 Å². The molecule has 0 aromatic rings. The predicted molar refractivity (Wildman–Crippen MR) is 35.8 cm³/mol. The van der Waals surface area contributed by atoms with Gasteiger partial charge in [-0.3, -0.25) is 10.4 Å². The molecule has 46 valence electrons. The summed E-state index contributed by atoms with van der Waals surface area (Å²) >= 11 is 8.79. The SMILES string of the molecule is CN1NNC(Cl)=C1Br. The van der Waals surface area contributed by atoms with Crippen LogP contribution in [0.4, 0.5) is 0 Å². The Morgan fingerprint density at radius 1 is 1.75 bits per heavy atom. The van der Waals surface area contributed by atoms with Crippen LogP contribution in [0, 0.1) is 0 Å². The second kappa shape index (κ2) is 2.13. The fourth-order valence-electron chi connectivity index (χ4n) is 0.381. The minimum Gasteiger partial charge on any atom is -0.291 e. The standard InChI is InChI=1S/C3H5BrClN3/c1-8-2(4)3(5)6-7-8/h6-7H,1H3. The summed E-state index contributed by atoms with van der Waals surface area (Å²) in [7, 11) is 1.84. The van der Waals surface area contributed by atoms with Crippen molar-refractivity contribution in [1.29, 1.82) is 0 Å². The molecule has 0 amide bonds. The fraction of sp³-hybridized carbons (Fsp3) is 0.333. The van der Waals surface area contributed by atoms with E-state index in [0.29, 0.717) is 5.16 Å². The zero-order chi connectivity index (χ0) is 6.15. The van der Waals surface area contributed by atoms with Crippen LogP contribution in [0.3, 0.4) is 0 Å². The lowest BCUT2D eigenvalue weighted by atomic mass is 10.9. The van der Waals surface area contributed by atoms with Crippen LogP contribution in [0.15, 0.2) is 9.76 Å². The minimum absolute atomic E-state index is 0.576. The summed E-state index contributed by atoms with van der Waals surface area (Å²) in [4.78, 5) is 0. The van der Waals surface area contributed by atoms with Crippen molar-refractivity contribution in [2.75, 3.05) is 7.05 Å². The van der Waals surface area contributed by atoms with Gasteiger partial charge in [-0.05, 0) is 15.9 Å². The van der Waals surface area contributed by atoms with Gasteiger partial charge in [0, 0.05) is 7.05 Å². The van der Waals surface area contributed by atoms with Crippen molar-refractivity contribution in [3.63, 3.8) is 0 Å². The molecule has 0 saturated carbocycles. The molecule has 0 unspecified atom stereocenters. The highest BCUT2D eigenvalue weighted by Gasteiger charge is 2.12. The zero-order valence-corrected chi connectivity index (χ0v) is 6.55. The lowest BCUT2D eigenvalue weighted by Gasteiger charge is -2.07. The summed E-state index contributed by atoms with van der Waals surface area (Å²) in [5, 5.41) is 2.30. The van der Waals surface area contributed by atoms with E-state index < -0.39 is 0 Å². The highest BCUT2D eigenvalue weighted by atomic mass is 79.9. The van der Waals surface area contributed by atoms with Crippen molar-refractivity contribution in [2.45, 2.75) is 0 Å². The fourth-order valence-corrected chi connectivity index (χ4v) is 0.738. The molecule has 5 heteroatoms. The predicted octanol–water partition coefficient (Wildman–Crippen LogP) is 0.701. The summed E-state index contributed by atoms with van der Waals surface area (Å²) in [5.74, 6) is 0. The Morgan fingerprint density at radius 2 is 2.38 bits per heavy atom. The molecule has 0 aromatic carbocycles. The van der Waals surface area contributed by atoms with Crippen molar-refractivity contribution in [1.82, 2.24) is 16.0 Å². The van der Waals surface area contributed by atoms with E-state index in [4.69, 9.17) is 11.6 Å². The Kier molecular flexibility index (Phi) is 1.65. The first-order valence-corrected chi connectivity index (χ1v) is 3.19. The number of halogens is 2. The van der Waals surface area contributed by atoms with E-state index in [1.54, 1.807) is 5.01 Å². The molecule has 0 bridgehead atoms. The van der Waals surface area contributed by atoms with Gasteiger partial charge in [0.05, 0.1) is 0 Å². The second-order valence-corrected chi connectivity index (χ2v) is 2.53. The summed E-state index contributed by atoms with van der Waals surface area (Å²) < 4.78 is 0.819. The van der Waals surface area contributed by atoms with Crippen molar-refractivity contribution < 1.29 is 0 Å². The average molecular weight is 198 g/mol. The number of hydrogen-bond donors (Lipinski definition) is 2. The quantitative estimate of drug-likeness (QED) is 0.561.